The number of nitrogens with one attached hydrogen (secondary N) is 6. The largest absolute Gasteiger partial charge is 0.322 e. The molecular weight excluding hydrogens is 900 g/mol. The first kappa shape index (κ1) is 51.1. The lowest BCUT2D eigenvalue weighted by Crippen LogP contribution is -2.28. The Labute approximate surface area is 418 Å². The molecule has 0 aliphatic carbocycles. The van der Waals surface area contributed by atoms with Gasteiger partial charge >= 0.3 is 0 Å². The summed E-state index contributed by atoms with van der Waals surface area (Å²) < 4.78 is 0. The highest BCUT2D eigenvalue weighted by atomic mass is 35.5. The average Bonchev–Trinajstić information content (AvgIpc) is 3.38. The van der Waals surface area contributed by atoms with Gasteiger partial charge in [0, 0.05) is 63.4 Å². The summed E-state index contributed by atoms with van der Waals surface area (Å²) in [5, 5.41) is 20.4. The molecule has 3 heterocycles. The molecule has 3 amide bonds. The SMILES string of the molecule is Cc1cc(C(=O)Nc2ccc([C@@H]3CCCNC3)cc2)ccc1Cl.Cc1ccc(C(=O)Nc2ccc([C@@H]3CCCNC3)cc2)cc1C.Cc1ccc(C(=O)Nc2ccc([C@@H]3CCCNC3)cc2)cc1Cl. The van der Waals surface area contributed by atoms with Crippen LogP contribution in [0.2, 0.25) is 10.0 Å². The van der Waals surface area contributed by atoms with Gasteiger partial charge in [0.1, 0.15) is 0 Å². The van der Waals surface area contributed by atoms with Crippen molar-refractivity contribution in [1.29, 1.82) is 0 Å². The molecule has 69 heavy (non-hydrogen) atoms. The van der Waals surface area contributed by atoms with Gasteiger partial charge in [0.2, 0.25) is 0 Å². The van der Waals surface area contributed by atoms with E-state index in [0.29, 0.717) is 44.5 Å². The van der Waals surface area contributed by atoms with Gasteiger partial charge in [-0.15, -0.1) is 0 Å². The molecule has 11 heteroatoms. The number of benzene rings is 6. The van der Waals surface area contributed by atoms with Gasteiger partial charge in [-0.25, -0.2) is 0 Å². The number of hydrogen-bond acceptors (Lipinski definition) is 6. The van der Waals surface area contributed by atoms with Gasteiger partial charge in [-0.05, 0) is 221 Å². The number of aryl methyl sites for hydroxylation is 4. The Morgan fingerprint density at radius 3 is 1.09 bits per heavy atom. The normalized spacial score (nSPS) is 17.7. The summed E-state index contributed by atoms with van der Waals surface area (Å²) in [7, 11) is 0. The molecule has 0 bridgehead atoms. The lowest BCUT2D eigenvalue weighted by molar-refractivity contribution is 0.101. The van der Waals surface area contributed by atoms with Crippen LogP contribution in [0.3, 0.4) is 0 Å². The second-order valence-corrected chi connectivity index (χ2v) is 19.4. The van der Waals surface area contributed by atoms with E-state index in [1.165, 1.54) is 60.8 Å². The molecule has 6 aromatic rings. The summed E-state index contributed by atoms with van der Waals surface area (Å²) in [5.41, 5.74) is 12.6. The number of carbonyl (C=O) groups is 3. The van der Waals surface area contributed by atoms with Crippen LogP contribution in [0.5, 0.6) is 0 Å². The van der Waals surface area contributed by atoms with Crippen LogP contribution < -0.4 is 31.9 Å². The Kier molecular flexibility index (Phi) is 18.6. The van der Waals surface area contributed by atoms with Crippen LogP contribution in [0.4, 0.5) is 17.1 Å². The second kappa shape index (κ2) is 25.2. The first-order valence-corrected chi connectivity index (χ1v) is 25.1. The summed E-state index contributed by atoms with van der Waals surface area (Å²) in [4.78, 5) is 36.9. The summed E-state index contributed by atoms with van der Waals surface area (Å²) in [6.45, 7) is 14.4. The van der Waals surface area contributed by atoms with Crippen molar-refractivity contribution in [1.82, 2.24) is 16.0 Å². The molecule has 0 radical (unpaired) electrons. The fraction of sp³-hybridized carbons (Fsp3) is 0.328. The van der Waals surface area contributed by atoms with Crippen molar-refractivity contribution in [3.63, 3.8) is 0 Å². The fourth-order valence-electron chi connectivity index (χ4n) is 8.94. The van der Waals surface area contributed by atoms with Gasteiger partial charge in [0.05, 0.1) is 0 Å². The zero-order valence-electron chi connectivity index (χ0n) is 40.3. The number of piperidine rings is 3. The molecule has 0 spiro atoms. The van der Waals surface area contributed by atoms with E-state index in [2.05, 4.69) is 75.2 Å². The zero-order chi connectivity index (χ0) is 48.7. The molecule has 0 unspecified atom stereocenters. The minimum Gasteiger partial charge on any atom is -0.322 e. The summed E-state index contributed by atoms with van der Waals surface area (Å²) in [5.74, 6) is 1.43. The minimum atomic E-state index is -0.140. The second-order valence-electron chi connectivity index (χ2n) is 18.6. The van der Waals surface area contributed by atoms with Crippen LogP contribution >= 0.6 is 23.2 Å². The van der Waals surface area contributed by atoms with Crippen molar-refractivity contribution in [2.24, 2.45) is 0 Å². The Morgan fingerprint density at radius 1 is 0.406 bits per heavy atom. The van der Waals surface area contributed by atoms with Crippen molar-refractivity contribution in [2.75, 3.05) is 55.2 Å². The number of amides is 3. The third-order valence-corrected chi connectivity index (χ3v) is 14.3. The molecule has 9 nitrogen and oxygen atoms in total. The molecule has 0 saturated carbocycles. The average molecular weight is 966 g/mol. The molecule has 0 aromatic heterocycles. The van der Waals surface area contributed by atoms with Crippen LogP contribution in [0.15, 0.2) is 127 Å². The quantitative estimate of drug-likeness (QED) is 0.0858. The maximum Gasteiger partial charge on any atom is 0.255 e. The van der Waals surface area contributed by atoms with E-state index in [1.54, 1.807) is 30.3 Å². The summed E-state index contributed by atoms with van der Waals surface area (Å²) in [6, 6.07) is 41.1. The molecule has 360 valence electrons. The van der Waals surface area contributed by atoms with Gasteiger partial charge < -0.3 is 31.9 Å². The molecular formula is C58H66Cl2N6O3. The van der Waals surface area contributed by atoms with Gasteiger partial charge in [-0.2, -0.15) is 0 Å². The standard InChI is InChI=1S/C20H24N2O.2C19H21ClN2O/c1-14-5-6-17(12-15(14)2)20(23)22-19-9-7-16(8-10-19)18-4-3-11-21-13-18;1-13-11-15(6-9-18(13)20)19(23)22-17-7-4-14(5-8-17)16-3-2-10-21-12-16;1-13-4-5-15(11-18(13)20)19(23)22-17-8-6-14(7-9-17)16-3-2-10-21-12-16/h5-10,12,18,21H,3-4,11,13H2,1-2H3,(H,22,23);2*4-9,11,16,21H,2-3,10,12H2,1H3,(H,22,23)/t18-;2*16-/m111/s1. The summed E-state index contributed by atoms with van der Waals surface area (Å²) >= 11 is 12.1. The van der Waals surface area contributed by atoms with Crippen molar-refractivity contribution >= 4 is 58.0 Å². The molecule has 3 aliphatic rings. The Morgan fingerprint density at radius 2 is 0.754 bits per heavy atom. The van der Waals surface area contributed by atoms with Crippen molar-refractivity contribution in [2.45, 2.75) is 84.0 Å². The predicted octanol–water partition coefficient (Wildman–Crippen LogP) is 12.8. The Bertz CT molecular complexity index is 2360. The van der Waals surface area contributed by atoms with Crippen molar-refractivity contribution in [3.8, 4) is 0 Å². The lowest BCUT2D eigenvalue weighted by atomic mass is 9.91. The number of hydrogen-bond donors (Lipinski definition) is 6. The molecule has 3 saturated heterocycles. The zero-order valence-corrected chi connectivity index (χ0v) is 41.8. The van der Waals surface area contributed by atoms with Gasteiger partial charge in [0.25, 0.3) is 17.7 Å². The smallest absolute Gasteiger partial charge is 0.255 e. The third kappa shape index (κ3) is 14.8. The van der Waals surface area contributed by atoms with Crippen molar-refractivity contribution in [3.05, 3.63) is 193 Å². The monoisotopic (exact) mass is 964 g/mol. The van der Waals surface area contributed by atoms with Crippen LogP contribution in [0.1, 0.15) is 126 Å². The first-order valence-electron chi connectivity index (χ1n) is 24.4. The van der Waals surface area contributed by atoms with E-state index < -0.39 is 0 Å². The Hall–Kier alpha value is -5.81. The highest BCUT2D eigenvalue weighted by Crippen LogP contribution is 2.28. The van der Waals surface area contributed by atoms with Crippen LogP contribution in [0.25, 0.3) is 0 Å². The van der Waals surface area contributed by atoms with E-state index in [-0.39, 0.29) is 17.7 Å². The highest BCUT2D eigenvalue weighted by Gasteiger charge is 2.18. The molecule has 6 N–H and O–H groups in total. The molecule has 3 fully saturated rings. The van der Waals surface area contributed by atoms with E-state index in [1.807, 2.05) is 81.4 Å². The number of carbonyl (C=O) groups excluding carboxylic acids is 3. The molecule has 3 aliphatic heterocycles. The van der Waals surface area contributed by atoms with E-state index in [0.717, 1.165) is 73.0 Å². The number of rotatable bonds is 9. The van der Waals surface area contributed by atoms with Crippen molar-refractivity contribution < 1.29 is 14.4 Å². The first-order chi connectivity index (χ1) is 33.4. The maximum absolute atomic E-state index is 12.3. The minimum absolute atomic E-state index is 0.0554. The Balaban J connectivity index is 0.000000153. The van der Waals surface area contributed by atoms with Crippen LogP contribution in [0, 0.1) is 27.7 Å². The lowest BCUT2D eigenvalue weighted by Gasteiger charge is -2.23. The van der Waals surface area contributed by atoms with Gasteiger partial charge in [-0.3, -0.25) is 14.4 Å². The van der Waals surface area contributed by atoms with E-state index in [4.69, 9.17) is 23.2 Å². The topological polar surface area (TPSA) is 123 Å². The molecule has 3 atom stereocenters. The molecule has 9 rings (SSSR count). The fourth-order valence-corrected chi connectivity index (χ4v) is 9.24. The predicted molar refractivity (Wildman–Crippen MR) is 286 cm³/mol. The van der Waals surface area contributed by atoms with E-state index >= 15 is 0 Å². The van der Waals surface area contributed by atoms with Gasteiger partial charge in [0.15, 0.2) is 0 Å². The highest BCUT2D eigenvalue weighted by molar-refractivity contribution is 6.32. The van der Waals surface area contributed by atoms with Crippen LogP contribution in [-0.4, -0.2) is 57.0 Å². The summed E-state index contributed by atoms with van der Waals surface area (Å²) in [6.07, 6.45) is 7.36. The van der Waals surface area contributed by atoms with E-state index in [9.17, 15) is 14.4 Å². The van der Waals surface area contributed by atoms with Crippen LogP contribution in [-0.2, 0) is 0 Å². The third-order valence-electron chi connectivity index (χ3n) is 13.4. The molecule has 6 aromatic carbocycles. The number of halogens is 2. The number of anilines is 3. The van der Waals surface area contributed by atoms with Gasteiger partial charge in [-0.1, -0.05) is 71.7 Å². The maximum atomic E-state index is 12.3.